The maximum Gasteiger partial charge on any atom is 0.238 e. The zero-order valence-corrected chi connectivity index (χ0v) is 17.0. The van der Waals surface area contributed by atoms with Gasteiger partial charge < -0.3 is 15.0 Å². The molecule has 2 N–H and O–H groups in total. The molecule has 0 aliphatic carbocycles. The van der Waals surface area contributed by atoms with Crippen molar-refractivity contribution in [3.63, 3.8) is 0 Å². The number of aromatic nitrogens is 1. The molecule has 1 aliphatic heterocycles. The lowest BCUT2D eigenvalue weighted by molar-refractivity contribution is -0.117. The number of carbonyl (C=O) groups excluding carboxylic acids is 1. The summed E-state index contributed by atoms with van der Waals surface area (Å²) in [5.41, 5.74) is 2.95. The van der Waals surface area contributed by atoms with Gasteiger partial charge in [-0.15, -0.1) is 0 Å². The SMILES string of the molecule is COc1ccc(Cl)c2c(=O)c3c([nH]c12)CCN(CC(=O)Nc1cccc(C#N)c1)C3. The minimum Gasteiger partial charge on any atom is -0.495 e. The van der Waals surface area contributed by atoms with Crippen molar-refractivity contribution in [2.24, 2.45) is 0 Å². The lowest BCUT2D eigenvalue weighted by atomic mass is 10.0. The second kappa shape index (κ2) is 8.19. The zero-order valence-electron chi connectivity index (χ0n) is 16.3. The average Bonchev–Trinajstić information content (AvgIpc) is 2.74. The van der Waals surface area contributed by atoms with Gasteiger partial charge in [-0.1, -0.05) is 17.7 Å². The van der Waals surface area contributed by atoms with Crippen LogP contribution in [0.4, 0.5) is 5.69 Å². The summed E-state index contributed by atoms with van der Waals surface area (Å²) in [5, 5.41) is 12.5. The van der Waals surface area contributed by atoms with Gasteiger partial charge in [0.05, 0.1) is 41.2 Å². The van der Waals surface area contributed by atoms with Gasteiger partial charge in [0.25, 0.3) is 0 Å². The van der Waals surface area contributed by atoms with E-state index in [2.05, 4.69) is 10.3 Å². The van der Waals surface area contributed by atoms with E-state index in [0.717, 1.165) is 5.69 Å². The summed E-state index contributed by atoms with van der Waals surface area (Å²) in [6, 6.07) is 12.2. The first kappa shape index (κ1) is 20.0. The molecule has 0 atom stereocenters. The van der Waals surface area contributed by atoms with Gasteiger partial charge in [0.1, 0.15) is 5.75 Å². The smallest absolute Gasteiger partial charge is 0.238 e. The van der Waals surface area contributed by atoms with Gasteiger partial charge in [-0.05, 0) is 30.3 Å². The van der Waals surface area contributed by atoms with Crippen LogP contribution in [0.5, 0.6) is 5.75 Å². The van der Waals surface area contributed by atoms with Gasteiger partial charge in [0, 0.05) is 36.5 Å². The van der Waals surface area contributed by atoms with Gasteiger partial charge in [-0.2, -0.15) is 5.26 Å². The third-order valence-electron chi connectivity index (χ3n) is 5.18. The summed E-state index contributed by atoms with van der Waals surface area (Å²) < 4.78 is 5.36. The zero-order chi connectivity index (χ0) is 21.3. The van der Waals surface area contributed by atoms with Crippen molar-refractivity contribution < 1.29 is 9.53 Å². The van der Waals surface area contributed by atoms with Crippen LogP contribution >= 0.6 is 11.6 Å². The van der Waals surface area contributed by atoms with Gasteiger partial charge in [0.15, 0.2) is 5.43 Å². The topological polar surface area (TPSA) is 98.2 Å². The summed E-state index contributed by atoms with van der Waals surface area (Å²) in [7, 11) is 1.55. The van der Waals surface area contributed by atoms with E-state index in [-0.39, 0.29) is 17.9 Å². The van der Waals surface area contributed by atoms with Crippen LogP contribution in [0, 0.1) is 11.3 Å². The molecule has 1 aliphatic rings. The van der Waals surface area contributed by atoms with E-state index in [1.54, 1.807) is 43.5 Å². The number of carbonyl (C=O) groups is 1. The first-order valence-corrected chi connectivity index (χ1v) is 9.80. The van der Waals surface area contributed by atoms with Gasteiger partial charge in [0.2, 0.25) is 5.91 Å². The fourth-order valence-electron chi connectivity index (χ4n) is 3.75. The van der Waals surface area contributed by atoms with Crippen LogP contribution in [-0.2, 0) is 17.8 Å². The molecule has 0 saturated carbocycles. The molecule has 0 fully saturated rings. The number of nitrogens with zero attached hydrogens (tertiary/aromatic N) is 2. The first-order valence-electron chi connectivity index (χ1n) is 9.42. The molecule has 4 rings (SSSR count). The van der Waals surface area contributed by atoms with Crippen molar-refractivity contribution >= 4 is 34.1 Å². The van der Waals surface area contributed by atoms with E-state index in [0.29, 0.717) is 58.0 Å². The van der Waals surface area contributed by atoms with Crippen LogP contribution in [0.1, 0.15) is 16.8 Å². The molecular formula is C22H19ClN4O3. The van der Waals surface area contributed by atoms with Gasteiger partial charge in [-0.3, -0.25) is 14.5 Å². The Bertz CT molecular complexity index is 1250. The highest BCUT2D eigenvalue weighted by Crippen LogP contribution is 2.30. The van der Waals surface area contributed by atoms with Crippen LogP contribution in [0.3, 0.4) is 0 Å². The van der Waals surface area contributed by atoms with Crippen LogP contribution in [-0.4, -0.2) is 36.0 Å². The molecule has 0 spiro atoms. The number of amides is 1. The first-order chi connectivity index (χ1) is 14.5. The number of nitriles is 1. The summed E-state index contributed by atoms with van der Waals surface area (Å²) in [6.07, 6.45) is 0.605. The second-order valence-corrected chi connectivity index (χ2v) is 7.52. The van der Waals surface area contributed by atoms with Crippen molar-refractivity contribution in [1.29, 1.82) is 5.26 Å². The number of methoxy groups -OCH3 is 1. The monoisotopic (exact) mass is 422 g/mol. The Morgan fingerprint density at radius 1 is 1.37 bits per heavy atom. The Morgan fingerprint density at radius 3 is 2.97 bits per heavy atom. The molecule has 0 bridgehead atoms. The van der Waals surface area contributed by atoms with E-state index in [1.807, 2.05) is 11.0 Å². The number of hydrogen-bond acceptors (Lipinski definition) is 5. The number of benzene rings is 2. The number of ether oxygens (including phenoxy) is 1. The minimum atomic E-state index is -0.203. The van der Waals surface area contributed by atoms with Crippen LogP contribution in [0.25, 0.3) is 10.9 Å². The van der Waals surface area contributed by atoms with Crippen molar-refractivity contribution in [3.05, 3.63) is 68.5 Å². The molecule has 1 amide bonds. The third-order valence-corrected chi connectivity index (χ3v) is 5.49. The molecular weight excluding hydrogens is 404 g/mol. The normalized spacial score (nSPS) is 13.5. The molecule has 0 radical (unpaired) electrons. The van der Waals surface area contributed by atoms with Crippen LogP contribution < -0.4 is 15.5 Å². The van der Waals surface area contributed by atoms with E-state index in [1.165, 1.54) is 0 Å². The number of pyridine rings is 1. The van der Waals surface area contributed by atoms with Gasteiger partial charge in [-0.25, -0.2) is 0 Å². The Labute approximate surface area is 177 Å². The highest BCUT2D eigenvalue weighted by molar-refractivity contribution is 6.35. The molecule has 2 heterocycles. The molecule has 30 heavy (non-hydrogen) atoms. The Kier molecular flexibility index (Phi) is 5.44. The molecule has 8 heteroatoms. The predicted molar refractivity (Wildman–Crippen MR) is 115 cm³/mol. The standard InChI is InChI=1S/C22H19ClN4O3/c1-30-18-6-5-16(23)20-21(18)26-17-7-8-27(11-15(17)22(20)29)12-19(28)25-14-4-2-3-13(9-14)10-24/h2-6,9H,7-8,11-12H2,1H3,(H,25,28)(H,26,29). The van der Waals surface area contributed by atoms with Gasteiger partial charge >= 0.3 is 0 Å². The molecule has 152 valence electrons. The number of fused-ring (bicyclic) bond motifs is 2. The number of rotatable bonds is 4. The largest absolute Gasteiger partial charge is 0.495 e. The van der Waals surface area contributed by atoms with Crippen molar-refractivity contribution in [2.75, 3.05) is 25.5 Å². The molecule has 7 nitrogen and oxygen atoms in total. The summed E-state index contributed by atoms with van der Waals surface area (Å²) in [4.78, 5) is 30.8. The lowest BCUT2D eigenvalue weighted by Gasteiger charge is -2.28. The maximum atomic E-state index is 13.1. The second-order valence-electron chi connectivity index (χ2n) is 7.11. The summed E-state index contributed by atoms with van der Waals surface area (Å²) in [5.74, 6) is 0.362. The predicted octanol–water partition coefficient (Wildman–Crippen LogP) is 3.06. The number of aromatic amines is 1. The fourth-order valence-corrected chi connectivity index (χ4v) is 3.99. The number of H-pyrrole nitrogens is 1. The van der Waals surface area contributed by atoms with Crippen molar-refractivity contribution in [1.82, 2.24) is 9.88 Å². The number of halogens is 1. The Hall–Kier alpha value is -3.34. The fraction of sp³-hybridized carbons (Fsp3) is 0.227. The minimum absolute atomic E-state index is 0.138. The van der Waals surface area contributed by atoms with E-state index in [4.69, 9.17) is 21.6 Å². The van der Waals surface area contributed by atoms with Crippen LogP contribution in [0.15, 0.2) is 41.2 Å². The highest BCUT2D eigenvalue weighted by atomic mass is 35.5. The quantitative estimate of drug-likeness (QED) is 0.673. The number of nitrogens with one attached hydrogen (secondary N) is 2. The van der Waals surface area contributed by atoms with Crippen molar-refractivity contribution in [2.45, 2.75) is 13.0 Å². The summed E-state index contributed by atoms with van der Waals surface area (Å²) >= 11 is 6.29. The van der Waals surface area contributed by atoms with Crippen LogP contribution in [0.2, 0.25) is 5.02 Å². The number of anilines is 1. The van der Waals surface area contributed by atoms with E-state index >= 15 is 0 Å². The van der Waals surface area contributed by atoms with E-state index in [9.17, 15) is 9.59 Å². The Balaban J connectivity index is 1.56. The van der Waals surface area contributed by atoms with E-state index < -0.39 is 0 Å². The average molecular weight is 423 g/mol. The molecule has 1 aromatic heterocycles. The Morgan fingerprint density at radius 2 is 2.20 bits per heavy atom. The molecule has 0 unspecified atom stereocenters. The maximum absolute atomic E-state index is 13.1. The molecule has 0 saturated heterocycles. The third kappa shape index (κ3) is 3.75. The summed E-state index contributed by atoms with van der Waals surface area (Å²) in [6.45, 7) is 1.11. The lowest BCUT2D eigenvalue weighted by Crippen LogP contribution is -2.39. The van der Waals surface area contributed by atoms with Crippen molar-refractivity contribution in [3.8, 4) is 11.8 Å². The molecule has 3 aromatic rings. The highest BCUT2D eigenvalue weighted by Gasteiger charge is 2.24. The number of hydrogen-bond donors (Lipinski definition) is 2. The molecule has 2 aromatic carbocycles.